The average Bonchev–Trinajstić information content (AvgIpc) is 2.83. The van der Waals surface area contributed by atoms with Gasteiger partial charge < -0.3 is 5.32 Å². The van der Waals surface area contributed by atoms with E-state index in [1.54, 1.807) is 0 Å². The van der Waals surface area contributed by atoms with Crippen molar-refractivity contribution in [3.63, 3.8) is 0 Å². The minimum Gasteiger partial charge on any atom is -0.307 e. The van der Waals surface area contributed by atoms with E-state index in [1.165, 1.54) is 11.5 Å². The van der Waals surface area contributed by atoms with Crippen LogP contribution in [0.2, 0.25) is 0 Å². The van der Waals surface area contributed by atoms with Crippen molar-refractivity contribution in [3.8, 4) is 0 Å². The van der Waals surface area contributed by atoms with Gasteiger partial charge in [0.05, 0.1) is 0 Å². The summed E-state index contributed by atoms with van der Waals surface area (Å²) in [6, 6.07) is 11.3. The zero-order chi connectivity index (χ0) is 11.4. The molecule has 16 heavy (non-hydrogen) atoms. The van der Waals surface area contributed by atoms with Crippen molar-refractivity contribution < 1.29 is 0 Å². The smallest absolute Gasteiger partial charge is 0.0294 e. The Morgan fingerprint density at radius 2 is 1.50 bits per heavy atom. The summed E-state index contributed by atoms with van der Waals surface area (Å²) in [7, 11) is 0. The van der Waals surface area contributed by atoms with Gasteiger partial charge in [-0.1, -0.05) is 30.3 Å². The first kappa shape index (κ1) is 11.7. The Morgan fingerprint density at radius 1 is 0.875 bits per heavy atom. The molecule has 0 unspecified atom stereocenters. The maximum Gasteiger partial charge on any atom is 0.0294 e. The van der Waals surface area contributed by atoms with Crippen LogP contribution in [0.25, 0.3) is 0 Å². The second-order valence-corrected chi connectivity index (χ2v) is 4.24. The van der Waals surface area contributed by atoms with E-state index in [-0.39, 0.29) is 0 Å². The van der Waals surface area contributed by atoms with Gasteiger partial charge in [-0.15, -0.1) is 0 Å². The number of nitrogens with one attached hydrogen (secondary N) is 1. The first-order valence-electron chi connectivity index (χ1n) is 5.80. The van der Waals surface area contributed by atoms with Gasteiger partial charge in [0.2, 0.25) is 0 Å². The van der Waals surface area contributed by atoms with Gasteiger partial charge in [0, 0.05) is 12.1 Å². The predicted octanol–water partition coefficient (Wildman–Crippen LogP) is 3.13. The highest BCUT2D eigenvalue weighted by Crippen LogP contribution is 2.27. The fourth-order valence-corrected chi connectivity index (χ4v) is 1.99. The zero-order valence-corrected chi connectivity index (χ0v) is 9.85. The monoisotopic (exact) mass is 212 g/mol. The van der Waals surface area contributed by atoms with Crippen LogP contribution in [0.5, 0.6) is 0 Å². The van der Waals surface area contributed by atoms with Gasteiger partial charge in [-0.2, -0.15) is 0 Å². The lowest BCUT2D eigenvalue weighted by atomic mass is 9.98. The molecule has 0 amide bonds. The van der Waals surface area contributed by atoms with E-state index in [2.05, 4.69) is 75.2 Å². The zero-order valence-electron chi connectivity index (χ0n) is 9.85. The van der Waals surface area contributed by atoms with Crippen molar-refractivity contribution in [1.29, 1.82) is 0 Å². The lowest BCUT2D eigenvalue weighted by molar-refractivity contribution is 0.502. The minimum atomic E-state index is 0.381. The van der Waals surface area contributed by atoms with Gasteiger partial charge in [0.15, 0.2) is 0 Å². The van der Waals surface area contributed by atoms with E-state index in [1.807, 2.05) is 0 Å². The van der Waals surface area contributed by atoms with Gasteiger partial charge in [-0.3, -0.25) is 0 Å². The average molecular weight is 212 g/mol. The summed E-state index contributed by atoms with van der Waals surface area (Å²) < 4.78 is 0. The molecule has 0 saturated heterocycles. The van der Waals surface area contributed by atoms with E-state index in [9.17, 15) is 0 Å². The highest BCUT2D eigenvalue weighted by Gasteiger charge is 2.24. The van der Waals surface area contributed by atoms with Gasteiger partial charge in [0.25, 0.3) is 0 Å². The van der Waals surface area contributed by atoms with Crippen molar-refractivity contribution in [2.45, 2.75) is 25.9 Å². The standard InChI is InChI=1S/C15H18N/c1-12(14-8-4-3-5-9-14)16-13(2)15-10-6-7-11-15/h3-13,16H,1-2H3/t12-,13-/m1/s1. The molecule has 0 bridgehead atoms. The Balaban J connectivity index is 1.89. The van der Waals surface area contributed by atoms with Crippen molar-refractivity contribution in [2.24, 2.45) is 0 Å². The lowest BCUT2D eigenvalue weighted by Gasteiger charge is -2.24. The van der Waals surface area contributed by atoms with E-state index in [0.717, 1.165) is 0 Å². The molecule has 1 fully saturated rings. The second-order valence-electron chi connectivity index (χ2n) is 4.24. The molecule has 1 nitrogen and oxygen atoms in total. The Hall–Kier alpha value is -0.820. The minimum absolute atomic E-state index is 0.381. The van der Waals surface area contributed by atoms with Gasteiger partial charge in [-0.25, -0.2) is 0 Å². The Bertz CT molecular complexity index is 300. The maximum atomic E-state index is 3.60. The van der Waals surface area contributed by atoms with Crippen molar-refractivity contribution in [3.05, 3.63) is 67.5 Å². The van der Waals surface area contributed by atoms with Crippen LogP contribution in [0.1, 0.15) is 25.5 Å². The molecule has 0 aliphatic heterocycles. The molecule has 2 rings (SSSR count). The summed E-state index contributed by atoms with van der Waals surface area (Å²) >= 11 is 0. The molecule has 0 spiro atoms. The largest absolute Gasteiger partial charge is 0.307 e. The molecule has 1 heteroatoms. The van der Waals surface area contributed by atoms with Gasteiger partial charge in [0.1, 0.15) is 0 Å². The number of hydrogen-bond donors (Lipinski definition) is 1. The molecule has 2 atom stereocenters. The van der Waals surface area contributed by atoms with Crippen LogP contribution >= 0.6 is 0 Å². The topological polar surface area (TPSA) is 12.0 Å². The molecule has 1 saturated carbocycles. The Labute approximate surface area is 99.3 Å². The summed E-state index contributed by atoms with van der Waals surface area (Å²) in [5.41, 5.74) is 1.33. The van der Waals surface area contributed by atoms with Crippen molar-refractivity contribution in [2.75, 3.05) is 0 Å². The summed E-state index contributed by atoms with van der Waals surface area (Å²) in [6.45, 7) is 4.41. The second kappa shape index (κ2) is 5.49. The van der Waals surface area contributed by atoms with E-state index < -0.39 is 0 Å². The molecule has 83 valence electrons. The quantitative estimate of drug-likeness (QED) is 0.808. The first-order chi connectivity index (χ1) is 7.77. The van der Waals surface area contributed by atoms with Crippen LogP contribution in [0, 0.1) is 31.6 Å². The van der Waals surface area contributed by atoms with Crippen LogP contribution in [0.3, 0.4) is 0 Å². The summed E-state index contributed by atoms with van der Waals surface area (Å²) in [5.74, 6) is 1.35. The van der Waals surface area contributed by atoms with Crippen LogP contribution in [-0.4, -0.2) is 6.04 Å². The summed E-state index contributed by atoms with van der Waals surface area (Å²) in [6.07, 6.45) is 8.49. The third kappa shape index (κ3) is 2.85. The molecule has 1 aromatic rings. The molecule has 1 aromatic carbocycles. The third-order valence-corrected chi connectivity index (χ3v) is 2.99. The predicted molar refractivity (Wildman–Crippen MR) is 67.9 cm³/mol. The fourth-order valence-electron chi connectivity index (χ4n) is 1.99. The lowest BCUT2D eigenvalue weighted by Crippen LogP contribution is -2.33. The first-order valence-corrected chi connectivity index (χ1v) is 5.80. The molecular formula is C15H18N. The molecule has 1 N–H and O–H groups in total. The molecule has 0 aromatic heterocycles. The highest BCUT2D eigenvalue weighted by atomic mass is 14.9. The molecule has 1 aliphatic carbocycles. The number of hydrogen-bond acceptors (Lipinski definition) is 1. The Kier molecular flexibility index (Phi) is 4.00. The normalized spacial score (nSPS) is 20.9. The third-order valence-electron chi connectivity index (χ3n) is 2.99. The van der Waals surface area contributed by atoms with Crippen molar-refractivity contribution >= 4 is 0 Å². The maximum absolute atomic E-state index is 3.60. The van der Waals surface area contributed by atoms with Crippen LogP contribution in [0.4, 0.5) is 0 Å². The Morgan fingerprint density at radius 3 is 2.12 bits per heavy atom. The molecule has 1 aliphatic rings. The van der Waals surface area contributed by atoms with Gasteiger partial charge >= 0.3 is 0 Å². The van der Waals surface area contributed by atoms with Crippen LogP contribution < -0.4 is 5.32 Å². The van der Waals surface area contributed by atoms with Crippen LogP contribution in [-0.2, 0) is 0 Å². The molecule has 0 heterocycles. The fraction of sp³-hybridized carbons (Fsp3) is 0.267. The number of rotatable bonds is 4. The highest BCUT2D eigenvalue weighted by molar-refractivity contribution is 5.38. The molecule has 5 radical (unpaired) electrons. The van der Waals surface area contributed by atoms with E-state index in [4.69, 9.17) is 0 Å². The van der Waals surface area contributed by atoms with Crippen LogP contribution in [0.15, 0.2) is 30.3 Å². The number of benzene rings is 1. The van der Waals surface area contributed by atoms with Gasteiger partial charge in [-0.05, 0) is 51.0 Å². The van der Waals surface area contributed by atoms with E-state index >= 15 is 0 Å². The summed E-state index contributed by atoms with van der Waals surface area (Å²) in [5, 5.41) is 3.60. The SMILES string of the molecule is C[C@@H](N[C@H](C)c1ccccc1)[C]1[CH][CH][CH][CH]1. The molecular weight excluding hydrogens is 194 g/mol. The van der Waals surface area contributed by atoms with E-state index in [0.29, 0.717) is 12.1 Å². The van der Waals surface area contributed by atoms with Crippen molar-refractivity contribution in [1.82, 2.24) is 5.32 Å². The summed E-state index contributed by atoms with van der Waals surface area (Å²) in [4.78, 5) is 0.